The number of amides is 2. The van der Waals surface area contributed by atoms with E-state index in [1.165, 1.54) is 0 Å². The van der Waals surface area contributed by atoms with Crippen LogP contribution in [0.15, 0.2) is 55.1 Å². The molecule has 224 valence electrons. The molecule has 2 unspecified atom stereocenters. The molecule has 2 fully saturated rings. The van der Waals surface area contributed by atoms with Crippen LogP contribution in [0.2, 0.25) is 0 Å². The summed E-state index contributed by atoms with van der Waals surface area (Å²) < 4.78 is 60.8. The normalized spacial score (nSPS) is 21.0. The van der Waals surface area contributed by atoms with Gasteiger partial charge in [-0.3, -0.25) is 9.59 Å². The molecule has 0 spiro atoms. The molecule has 0 radical (unpaired) electrons. The molecule has 2 aliphatic rings. The second kappa shape index (κ2) is 11.0. The van der Waals surface area contributed by atoms with Gasteiger partial charge in [-0.2, -0.15) is 0 Å². The van der Waals surface area contributed by atoms with Crippen molar-refractivity contribution >= 4 is 19.6 Å². The maximum atomic E-state index is 13.0. The average Bonchev–Trinajstić information content (AvgIpc) is 3.58. The molecule has 41 heavy (non-hydrogen) atoms. The van der Waals surface area contributed by atoms with Gasteiger partial charge in [0.05, 0.1) is 12.1 Å². The molecule has 8 nitrogen and oxygen atoms in total. The molecule has 1 N–H and O–H groups in total. The predicted molar refractivity (Wildman–Crippen MR) is 140 cm³/mol. The number of aromatic nitrogens is 4. The molecule has 1 aromatic carbocycles. The van der Waals surface area contributed by atoms with Crippen LogP contribution in [-0.4, -0.2) is 62.6 Å². The summed E-state index contributed by atoms with van der Waals surface area (Å²) in [6.07, 6.45) is 8.94. The number of para-hydroxylation sites is 1. The van der Waals surface area contributed by atoms with Crippen molar-refractivity contribution < 1.29 is 39.8 Å². The van der Waals surface area contributed by atoms with E-state index in [1.54, 1.807) is 11.0 Å². The van der Waals surface area contributed by atoms with E-state index in [2.05, 4.69) is 21.1 Å². The van der Waals surface area contributed by atoms with E-state index in [-0.39, 0.29) is 17.6 Å². The van der Waals surface area contributed by atoms with Crippen molar-refractivity contribution in [2.75, 3.05) is 26.2 Å². The van der Waals surface area contributed by atoms with Crippen LogP contribution in [0.5, 0.6) is 0 Å². The topological polar surface area (TPSA) is 85.5 Å². The first kappa shape index (κ1) is 30.4. The Labute approximate surface area is 232 Å². The second-order valence-electron chi connectivity index (χ2n) is 10.4. The first-order valence-corrected chi connectivity index (χ1v) is 15.1. The molecule has 2 aromatic heterocycles. The third kappa shape index (κ3) is 9.80. The van der Waals surface area contributed by atoms with Gasteiger partial charge in [-0.25, -0.2) is 14.6 Å². The first-order chi connectivity index (χ1) is 19.0. The summed E-state index contributed by atoms with van der Waals surface area (Å²) in [6.45, 7) is 5.05. The standard InChI is InChI=1S/C26H30N6O2.F6P/c1-19-12-20(15-27-14-19)13-24(33)30-10-5-6-21(16-30)22-9-11-31(17-22)26(34)25-28-18-32(29-25)23-7-3-2-4-8-23;1-7(2,3,4,5)6/h2-4,7-8,12,14-15,18,21-22H,5-6,9-11,13,16-17H2,1H3;/q;-1/p+1. The van der Waals surface area contributed by atoms with Crippen LogP contribution < -0.4 is 4.98 Å². The summed E-state index contributed by atoms with van der Waals surface area (Å²) in [4.78, 5) is 37.3. The van der Waals surface area contributed by atoms with Crippen LogP contribution in [0.4, 0.5) is 25.2 Å². The van der Waals surface area contributed by atoms with Gasteiger partial charge in [-0.05, 0) is 56.2 Å². The van der Waals surface area contributed by atoms with E-state index in [0.29, 0.717) is 31.3 Å². The molecule has 2 amide bonds. The van der Waals surface area contributed by atoms with Gasteiger partial charge in [0, 0.05) is 37.3 Å². The Kier molecular flexibility index (Phi) is 8.19. The van der Waals surface area contributed by atoms with E-state index in [4.69, 9.17) is 0 Å². The van der Waals surface area contributed by atoms with Crippen LogP contribution in [0.3, 0.4) is 0 Å². The number of pyridine rings is 1. The second-order valence-corrected chi connectivity index (χ2v) is 12.4. The maximum absolute atomic E-state index is 13.0. The molecule has 2 saturated heterocycles. The number of aryl methyl sites for hydroxylation is 1. The van der Waals surface area contributed by atoms with Crippen molar-refractivity contribution in [3.8, 4) is 5.69 Å². The number of halogens is 6. The van der Waals surface area contributed by atoms with E-state index in [9.17, 15) is 34.8 Å². The number of benzene rings is 1. The number of piperidine rings is 1. The number of nitrogens with zero attached hydrogens (tertiary/aromatic N) is 5. The molecule has 3 aromatic rings. The van der Waals surface area contributed by atoms with Crippen molar-refractivity contribution in [2.24, 2.45) is 11.8 Å². The number of carbonyl (C=O) groups is 2. The van der Waals surface area contributed by atoms with Crippen LogP contribution in [-0.2, 0) is 11.2 Å². The van der Waals surface area contributed by atoms with Crippen molar-refractivity contribution in [1.29, 1.82) is 0 Å². The summed E-state index contributed by atoms with van der Waals surface area (Å²) in [5, 5.41) is 4.40. The van der Waals surface area contributed by atoms with E-state index in [0.717, 1.165) is 49.2 Å². The fourth-order valence-corrected chi connectivity index (χ4v) is 5.23. The predicted octanol–water partition coefficient (Wildman–Crippen LogP) is 5.72. The molecular weight excluding hydrogens is 573 g/mol. The van der Waals surface area contributed by atoms with Gasteiger partial charge in [0.15, 0.2) is 12.4 Å². The summed E-state index contributed by atoms with van der Waals surface area (Å²) in [5.74, 6) is 1.14. The van der Waals surface area contributed by atoms with Gasteiger partial charge in [0.2, 0.25) is 11.7 Å². The minimum atomic E-state index is -10.7. The Bertz CT molecular complexity index is 1380. The van der Waals surface area contributed by atoms with E-state index < -0.39 is 7.81 Å². The fourth-order valence-electron chi connectivity index (χ4n) is 5.23. The third-order valence-corrected chi connectivity index (χ3v) is 7.04. The van der Waals surface area contributed by atoms with Gasteiger partial charge in [-0.1, -0.05) is 18.2 Å². The molecular formula is C26H31F6N6O2P. The Morgan fingerprint density at radius 2 is 1.61 bits per heavy atom. The Morgan fingerprint density at radius 3 is 2.29 bits per heavy atom. The van der Waals surface area contributed by atoms with E-state index >= 15 is 0 Å². The SMILES string of the molecule is Cc1c[nH+]cc(CC(=O)N2CCCC(C3CCN(C(=O)c4ncn(-c5ccccc5)n4)C3)C2)c1.F[P-](F)(F)(F)(F)F. The van der Waals surface area contributed by atoms with Gasteiger partial charge in [0.25, 0.3) is 5.91 Å². The zero-order valence-corrected chi connectivity index (χ0v) is 23.2. The molecule has 0 aliphatic carbocycles. The molecule has 4 heterocycles. The number of likely N-dealkylation sites (tertiary alicyclic amines) is 2. The van der Waals surface area contributed by atoms with Crippen molar-refractivity contribution in [3.63, 3.8) is 0 Å². The molecule has 15 heteroatoms. The van der Waals surface area contributed by atoms with E-state index in [1.807, 2.05) is 59.4 Å². The minimum absolute atomic E-state index is 0.114. The van der Waals surface area contributed by atoms with Gasteiger partial charge in [-0.15, -0.1) is 5.10 Å². The third-order valence-electron chi connectivity index (χ3n) is 7.04. The van der Waals surface area contributed by atoms with Gasteiger partial charge in [0.1, 0.15) is 6.33 Å². The number of hydrogen-bond acceptors (Lipinski definition) is 4. The number of rotatable bonds is 5. The number of nitrogens with one attached hydrogen (secondary N) is 1. The van der Waals surface area contributed by atoms with Crippen molar-refractivity contribution in [2.45, 2.75) is 32.6 Å². The quantitative estimate of drug-likeness (QED) is 0.276. The van der Waals surface area contributed by atoms with Crippen molar-refractivity contribution in [1.82, 2.24) is 24.6 Å². The monoisotopic (exact) mass is 604 g/mol. The molecule has 0 bridgehead atoms. The first-order valence-electron chi connectivity index (χ1n) is 13.1. The van der Waals surface area contributed by atoms with Crippen LogP contribution in [0.1, 0.15) is 41.0 Å². The Morgan fingerprint density at radius 1 is 0.951 bits per heavy atom. The summed E-state index contributed by atoms with van der Waals surface area (Å²) >= 11 is 0. The number of hydrogen-bond donors (Lipinski definition) is 0. The van der Waals surface area contributed by atoms with Crippen LogP contribution in [0, 0.1) is 18.8 Å². The van der Waals surface area contributed by atoms with Crippen LogP contribution in [0.25, 0.3) is 5.69 Å². The van der Waals surface area contributed by atoms with Gasteiger partial charge < -0.3 is 9.80 Å². The average molecular weight is 605 g/mol. The molecule has 2 atom stereocenters. The summed E-state index contributed by atoms with van der Waals surface area (Å²) in [7, 11) is -10.7. The summed E-state index contributed by atoms with van der Waals surface area (Å²) in [5.41, 5.74) is 3.02. The van der Waals surface area contributed by atoms with Crippen molar-refractivity contribution in [3.05, 3.63) is 72.1 Å². The molecule has 0 saturated carbocycles. The Balaban J connectivity index is 0.000000493. The zero-order valence-electron chi connectivity index (χ0n) is 22.3. The Hall–Kier alpha value is -3.54. The number of carbonyl (C=O) groups excluding carboxylic acids is 2. The van der Waals surface area contributed by atoms with Gasteiger partial charge >= 0.3 is 33.0 Å². The number of aromatic amines is 1. The number of H-pyrrole nitrogens is 1. The molecule has 2 aliphatic heterocycles. The fraction of sp³-hybridized carbons (Fsp3) is 0.423. The van der Waals surface area contributed by atoms with Crippen LogP contribution >= 0.6 is 7.81 Å². The molecule has 5 rings (SSSR count). The summed E-state index contributed by atoms with van der Waals surface area (Å²) in [6, 6.07) is 11.7. The zero-order chi connectivity index (χ0) is 29.9.